The highest BCUT2D eigenvalue weighted by atomic mass is 32.2. The largest absolute Gasteiger partial charge is 0.478 e. The predicted molar refractivity (Wildman–Crippen MR) is 76.9 cm³/mol. The molecule has 0 aromatic heterocycles. The van der Waals surface area contributed by atoms with Crippen LogP contribution in [0.1, 0.15) is 28.8 Å². The lowest BCUT2D eigenvalue weighted by atomic mass is 10.1. The molecule has 1 fully saturated rings. The van der Waals surface area contributed by atoms with E-state index in [1.165, 1.54) is 12.1 Å². The fraction of sp³-hybridized carbons (Fsp3) is 0.429. The molecule has 1 aromatic carbocycles. The van der Waals surface area contributed by atoms with E-state index in [0.29, 0.717) is 12.8 Å². The lowest BCUT2D eigenvalue weighted by Gasteiger charge is -2.10. The summed E-state index contributed by atoms with van der Waals surface area (Å²) in [7, 11) is -2.99. The number of carbonyl (C=O) groups excluding carboxylic acids is 1. The Kier molecular flexibility index (Phi) is 4.62. The smallest absolute Gasteiger partial charge is 0.335 e. The van der Waals surface area contributed by atoms with Crippen molar-refractivity contribution in [1.29, 1.82) is 0 Å². The number of sulfone groups is 1. The minimum absolute atomic E-state index is 0.0199. The van der Waals surface area contributed by atoms with Crippen LogP contribution >= 0.6 is 0 Å². The molecule has 21 heavy (non-hydrogen) atoms. The summed E-state index contributed by atoms with van der Waals surface area (Å²) in [6.45, 7) is 0. The van der Waals surface area contributed by atoms with Gasteiger partial charge >= 0.3 is 5.97 Å². The number of aromatic carboxylic acids is 1. The lowest BCUT2D eigenvalue weighted by Crippen LogP contribution is -2.35. The zero-order valence-corrected chi connectivity index (χ0v) is 12.2. The molecule has 0 bridgehead atoms. The predicted octanol–water partition coefficient (Wildman–Crippen LogP) is 0.621. The van der Waals surface area contributed by atoms with Crippen molar-refractivity contribution < 1.29 is 23.1 Å². The van der Waals surface area contributed by atoms with E-state index in [1.54, 1.807) is 12.1 Å². The van der Waals surface area contributed by atoms with Crippen LogP contribution in [0, 0.1) is 0 Å². The summed E-state index contributed by atoms with van der Waals surface area (Å²) in [5.41, 5.74) is 1.08. The van der Waals surface area contributed by atoms with Gasteiger partial charge in [0, 0.05) is 12.5 Å². The zero-order valence-electron chi connectivity index (χ0n) is 11.4. The van der Waals surface area contributed by atoms with Crippen LogP contribution < -0.4 is 5.32 Å². The lowest BCUT2D eigenvalue weighted by molar-refractivity contribution is -0.121. The van der Waals surface area contributed by atoms with Crippen molar-refractivity contribution in [3.8, 4) is 0 Å². The Morgan fingerprint density at radius 2 is 1.90 bits per heavy atom. The van der Waals surface area contributed by atoms with E-state index in [-0.39, 0.29) is 35.4 Å². The highest BCUT2D eigenvalue weighted by Crippen LogP contribution is 2.12. The summed E-state index contributed by atoms with van der Waals surface area (Å²) in [6.07, 6.45) is 1.22. The minimum atomic E-state index is -2.99. The maximum Gasteiger partial charge on any atom is 0.335 e. The van der Waals surface area contributed by atoms with E-state index >= 15 is 0 Å². The molecular weight excluding hydrogens is 294 g/mol. The highest BCUT2D eigenvalue weighted by Gasteiger charge is 2.28. The number of aryl methyl sites for hydroxylation is 1. The van der Waals surface area contributed by atoms with Gasteiger partial charge in [-0.25, -0.2) is 13.2 Å². The van der Waals surface area contributed by atoms with Crippen LogP contribution in [0.25, 0.3) is 0 Å². The van der Waals surface area contributed by atoms with Gasteiger partial charge in [-0.1, -0.05) is 12.1 Å². The fourth-order valence-corrected chi connectivity index (χ4v) is 3.95. The van der Waals surface area contributed by atoms with Crippen LogP contribution in [0.4, 0.5) is 0 Å². The number of nitrogens with one attached hydrogen (secondary N) is 1. The fourth-order valence-electron chi connectivity index (χ4n) is 2.28. The molecule has 6 nitrogen and oxygen atoms in total. The number of carbonyl (C=O) groups is 2. The zero-order chi connectivity index (χ0) is 15.5. The van der Waals surface area contributed by atoms with E-state index in [2.05, 4.69) is 5.32 Å². The Balaban J connectivity index is 1.80. The Hall–Kier alpha value is -1.89. The van der Waals surface area contributed by atoms with Crippen LogP contribution in [0.15, 0.2) is 24.3 Å². The molecule has 114 valence electrons. The number of carboxylic acids is 1. The van der Waals surface area contributed by atoms with Gasteiger partial charge in [-0.05, 0) is 30.5 Å². The summed E-state index contributed by atoms with van der Waals surface area (Å²) in [4.78, 5) is 22.5. The van der Waals surface area contributed by atoms with Crippen LogP contribution in [-0.2, 0) is 21.1 Å². The maximum absolute atomic E-state index is 11.8. The van der Waals surface area contributed by atoms with Crippen LogP contribution in [0.2, 0.25) is 0 Å². The molecular formula is C14H17NO5S. The molecule has 2 rings (SSSR count). The third-order valence-corrected chi connectivity index (χ3v) is 5.21. The number of benzene rings is 1. The molecule has 0 saturated carbocycles. The van der Waals surface area contributed by atoms with Gasteiger partial charge in [0.25, 0.3) is 0 Å². The van der Waals surface area contributed by atoms with Gasteiger partial charge < -0.3 is 10.4 Å². The molecule has 1 heterocycles. The van der Waals surface area contributed by atoms with E-state index in [0.717, 1.165) is 5.56 Å². The normalized spacial score (nSPS) is 20.1. The topological polar surface area (TPSA) is 101 Å². The van der Waals surface area contributed by atoms with E-state index in [9.17, 15) is 18.0 Å². The molecule has 1 aliphatic rings. The average molecular weight is 311 g/mol. The van der Waals surface area contributed by atoms with E-state index < -0.39 is 15.8 Å². The molecule has 2 N–H and O–H groups in total. The number of carboxylic acid groups (broad SMARTS) is 1. The molecule has 1 saturated heterocycles. The third-order valence-electron chi connectivity index (χ3n) is 3.44. The first kappa shape index (κ1) is 15.5. The van der Waals surface area contributed by atoms with Crippen LogP contribution in [0.3, 0.4) is 0 Å². The first-order valence-electron chi connectivity index (χ1n) is 6.68. The summed E-state index contributed by atoms with van der Waals surface area (Å²) in [5.74, 6) is -1.01. The molecule has 1 amide bonds. The van der Waals surface area contributed by atoms with Crippen LogP contribution in [-0.4, -0.2) is 42.9 Å². The van der Waals surface area contributed by atoms with Crippen molar-refractivity contribution in [2.75, 3.05) is 11.5 Å². The molecule has 1 aliphatic heterocycles. The second-order valence-corrected chi connectivity index (χ2v) is 7.40. The monoisotopic (exact) mass is 311 g/mol. The van der Waals surface area contributed by atoms with E-state index in [4.69, 9.17) is 5.11 Å². The highest BCUT2D eigenvalue weighted by molar-refractivity contribution is 7.91. The van der Waals surface area contributed by atoms with Crippen molar-refractivity contribution in [2.24, 2.45) is 0 Å². The first-order chi connectivity index (χ1) is 9.85. The standard InChI is InChI=1S/C14H17NO5S/c16-13(15-12-7-8-21(19,20)9-12)6-3-10-1-4-11(5-2-10)14(17)18/h1-2,4-5,12H,3,6-9H2,(H,15,16)(H,17,18)/t12-/m1/s1. The molecule has 0 aliphatic carbocycles. The van der Waals surface area contributed by atoms with Gasteiger partial charge in [0.1, 0.15) is 0 Å². The summed E-state index contributed by atoms with van der Waals surface area (Å²) in [6, 6.07) is 6.07. The Labute approximate surface area is 123 Å². The second-order valence-electron chi connectivity index (χ2n) is 5.17. The Morgan fingerprint density at radius 1 is 1.24 bits per heavy atom. The van der Waals surface area contributed by atoms with Gasteiger partial charge in [0.2, 0.25) is 5.91 Å². The number of amides is 1. The van der Waals surface area contributed by atoms with Crippen molar-refractivity contribution >= 4 is 21.7 Å². The van der Waals surface area contributed by atoms with E-state index in [1.807, 2.05) is 0 Å². The molecule has 0 unspecified atom stereocenters. The minimum Gasteiger partial charge on any atom is -0.478 e. The Morgan fingerprint density at radius 3 is 2.43 bits per heavy atom. The van der Waals surface area contributed by atoms with Crippen LogP contribution in [0.5, 0.6) is 0 Å². The van der Waals surface area contributed by atoms with Gasteiger partial charge in [-0.15, -0.1) is 0 Å². The van der Waals surface area contributed by atoms with Crippen molar-refractivity contribution in [1.82, 2.24) is 5.32 Å². The molecule has 1 atom stereocenters. The van der Waals surface area contributed by atoms with Gasteiger partial charge in [0.05, 0.1) is 17.1 Å². The third kappa shape index (κ3) is 4.56. The maximum atomic E-state index is 11.8. The SMILES string of the molecule is O=C(CCc1ccc(C(=O)O)cc1)N[C@@H]1CCS(=O)(=O)C1. The summed E-state index contributed by atoms with van der Waals surface area (Å²) < 4.78 is 22.6. The van der Waals surface area contributed by atoms with Gasteiger partial charge in [-0.2, -0.15) is 0 Å². The Bertz CT molecular complexity index is 636. The average Bonchev–Trinajstić information content (AvgIpc) is 2.76. The van der Waals surface area contributed by atoms with Crippen molar-refractivity contribution in [3.05, 3.63) is 35.4 Å². The number of hydrogen-bond donors (Lipinski definition) is 2. The van der Waals surface area contributed by atoms with Gasteiger partial charge in [-0.3, -0.25) is 4.79 Å². The molecule has 7 heteroatoms. The van der Waals surface area contributed by atoms with Crippen molar-refractivity contribution in [2.45, 2.75) is 25.3 Å². The van der Waals surface area contributed by atoms with Crippen molar-refractivity contribution in [3.63, 3.8) is 0 Å². The molecule has 0 radical (unpaired) electrons. The second kappa shape index (κ2) is 6.26. The summed E-state index contributed by atoms with van der Waals surface area (Å²) >= 11 is 0. The number of rotatable bonds is 5. The quantitative estimate of drug-likeness (QED) is 0.830. The molecule has 0 spiro atoms. The first-order valence-corrected chi connectivity index (χ1v) is 8.50. The number of hydrogen-bond acceptors (Lipinski definition) is 4. The molecule has 1 aromatic rings. The summed E-state index contributed by atoms with van der Waals surface area (Å²) in [5, 5.41) is 11.5. The van der Waals surface area contributed by atoms with Gasteiger partial charge in [0.15, 0.2) is 9.84 Å².